The summed E-state index contributed by atoms with van der Waals surface area (Å²) in [5.41, 5.74) is 1.22. The quantitative estimate of drug-likeness (QED) is 0.383. The molecule has 2 aromatic carbocycles. The molecular formula is C22H18N2O6. The summed E-state index contributed by atoms with van der Waals surface area (Å²) in [6.45, 7) is 0.700. The number of benzene rings is 2. The van der Waals surface area contributed by atoms with Crippen molar-refractivity contribution >= 4 is 34.4 Å². The van der Waals surface area contributed by atoms with E-state index in [2.05, 4.69) is 5.32 Å². The average Bonchev–Trinajstić information content (AvgIpc) is 2.98. The summed E-state index contributed by atoms with van der Waals surface area (Å²) >= 11 is 0. The SMILES string of the molecule is COCCCN1C(=O)c2ccc(C(=O)Nc3ccc4oc(=O)ccc4c3)cc2C1=O. The van der Waals surface area contributed by atoms with Crippen LogP contribution in [0.3, 0.4) is 0 Å². The molecule has 0 atom stereocenters. The number of fused-ring (bicyclic) bond motifs is 2. The molecule has 0 bridgehead atoms. The Morgan fingerprint density at radius 2 is 1.80 bits per heavy atom. The van der Waals surface area contributed by atoms with Crippen molar-refractivity contribution in [1.29, 1.82) is 0 Å². The van der Waals surface area contributed by atoms with E-state index >= 15 is 0 Å². The number of carbonyl (C=O) groups excluding carboxylic acids is 3. The van der Waals surface area contributed by atoms with E-state index in [1.54, 1.807) is 31.4 Å². The van der Waals surface area contributed by atoms with Gasteiger partial charge in [-0.15, -0.1) is 0 Å². The maximum absolute atomic E-state index is 12.7. The lowest BCUT2D eigenvalue weighted by molar-refractivity contribution is 0.0638. The molecule has 0 spiro atoms. The lowest BCUT2D eigenvalue weighted by Gasteiger charge is -2.12. The van der Waals surface area contributed by atoms with Crippen LogP contribution in [0.5, 0.6) is 0 Å². The molecule has 30 heavy (non-hydrogen) atoms. The van der Waals surface area contributed by atoms with Crippen LogP contribution in [0.1, 0.15) is 37.5 Å². The molecule has 2 heterocycles. The molecule has 0 fully saturated rings. The smallest absolute Gasteiger partial charge is 0.336 e. The van der Waals surface area contributed by atoms with E-state index in [4.69, 9.17) is 9.15 Å². The van der Waals surface area contributed by atoms with Gasteiger partial charge in [0.15, 0.2) is 0 Å². The Hall–Kier alpha value is -3.78. The third-order valence-electron chi connectivity index (χ3n) is 4.84. The number of nitrogens with zero attached hydrogens (tertiary/aromatic N) is 1. The molecule has 4 rings (SSSR count). The van der Waals surface area contributed by atoms with Gasteiger partial charge in [-0.05, 0) is 48.9 Å². The van der Waals surface area contributed by atoms with Crippen molar-refractivity contribution in [2.24, 2.45) is 0 Å². The molecule has 3 amide bonds. The topological polar surface area (TPSA) is 106 Å². The highest BCUT2D eigenvalue weighted by atomic mass is 16.5. The van der Waals surface area contributed by atoms with Crippen LogP contribution >= 0.6 is 0 Å². The van der Waals surface area contributed by atoms with E-state index < -0.39 is 17.4 Å². The molecule has 8 heteroatoms. The Morgan fingerprint density at radius 1 is 1.00 bits per heavy atom. The third-order valence-corrected chi connectivity index (χ3v) is 4.84. The van der Waals surface area contributed by atoms with E-state index in [1.165, 1.54) is 29.2 Å². The number of nitrogens with one attached hydrogen (secondary N) is 1. The Morgan fingerprint density at radius 3 is 2.60 bits per heavy atom. The van der Waals surface area contributed by atoms with E-state index in [9.17, 15) is 19.2 Å². The fraction of sp³-hybridized carbons (Fsp3) is 0.182. The van der Waals surface area contributed by atoms with Crippen LogP contribution in [-0.4, -0.2) is 42.9 Å². The second-order valence-corrected chi connectivity index (χ2v) is 6.83. The van der Waals surface area contributed by atoms with E-state index in [0.717, 1.165) is 0 Å². The van der Waals surface area contributed by atoms with Crippen LogP contribution in [0.2, 0.25) is 0 Å². The Kier molecular flexibility index (Phi) is 5.16. The monoisotopic (exact) mass is 406 g/mol. The van der Waals surface area contributed by atoms with Crippen molar-refractivity contribution in [1.82, 2.24) is 4.90 Å². The summed E-state index contributed by atoms with van der Waals surface area (Å²) in [6.07, 6.45) is 0.539. The van der Waals surface area contributed by atoms with Gasteiger partial charge in [-0.2, -0.15) is 0 Å². The minimum atomic E-state index is -0.451. The first-order valence-corrected chi connectivity index (χ1v) is 9.32. The molecule has 1 aliphatic rings. The molecule has 3 aromatic rings. The molecule has 152 valence electrons. The highest BCUT2D eigenvalue weighted by Gasteiger charge is 2.35. The molecular weight excluding hydrogens is 388 g/mol. The largest absolute Gasteiger partial charge is 0.423 e. The normalized spacial score (nSPS) is 13.0. The van der Waals surface area contributed by atoms with Gasteiger partial charge in [0.05, 0.1) is 11.1 Å². The van der Waals surface area contributed by atoms with Crippen molar-refractivity contribution in [3.05, 3.63) is 75.6 Å². The summed E-state index contributed by atoms with van der Waals surface area (Å²) in [4.78, 5) is 50.2. The second kappa shape index (κ2) is 7.92. The van der Waals surface area contributed by atoms with Crippen molar-refractivity contribution in [3.63, 3.8) is 0 Å². The van der Waals surface area contributed by atoms with E-state index in [-0.39, 0.29) is 29.1 Å². The summed E-state index contributed by atoms with van der Waals surface area (Å²) in [6, 6.07) is 12.2. The number of amides is 3. The number of hydrogen-bond donors (Lipinski definition) is 1. The standard InChI is InChI=1S/C22H18N2O6/c1-29-10-2-9-24-21(27)16-6-3-14(12-17(16)22(24)28)20(26)23-15-5-7-18-13(11-15)4-8-19(25)30-18/h3-8,11-12H,2,9-10H2,1H3,(H,23,26). The first-order valence-electron chi connectivity index (χ1n) is 9.32. The fourth-order valence-corrected chi connectivity index (χ4v) is 3.35. The molecule has 0 saturated carbocycles. The number of imide groups is 1. The molecule has 8 nitrogen and oxygen atoms in total. The minimum absolute atomic E-state index is 0.213. The van der Waals surface area contributed by atoms with Gasteiger partial charge in [-0.1, -0.05) is 0 Å². The van der Waals surface area contributed by atoms with Crippen molar-refractivity contribution in [3.8, 4) is 0 Å². The van der Waals surface area contributed by atoms with Gasteiger partial charge in [-0.3, -0.25) is 19.3 Å². The molecule has 0 unspecified atom stereocenters. The number of rotatable bonds is 6. The van der Waals surface area contributed by atoms with Crippen LogP contribution in [0.4, 0.5) is 5.69 Å². The highest BCUT2D eigenvalue weighted by molar-refractivity contribution is 6.22. The maximum Gasteiger partial charge on any atom is 0.336 e. The summed E-state index contributed by atoms with van der Waals surface area (Å²) in [5.74, 6) is -1.21. The van der Waals surface area contributed by atoms with Gasteiger partial charge in [0, 0.05) is 43.0 Å². The molecule has 0 radical (unpaired) electrons. The molecule has 0 aliphatic carbocycles. The molecule has 1 aromatic heterocycles. The average molecular weight is 406 g/mol. The fourth-order valence-electron chi connectivity index (χ4n) is 3.35. The van der Waals surface area contributed by atoms with Crippen LogP contribution < -0.4 is 10.9 Å². The Labute approximate surface area is 171 Å². The number of ether oxygens (including phenoxy) is 1. The van der Waals surface area contributed by atoms with Gasteiger partial charge in [0.25, 0.3) is 17.7 Å². The lowest BCUT2D eigenvalue weighted by atomic mass is 10.1. The van der Waals surface area contributed by atoms with Gasteiger partial charge in [-0.25, -0.2) is 4.79 Å². The van der Waals surface area contributed by atoms with E-state index in [0.29, 0.717) is 29.7 Å². The molecule has 1 aliphatic heterocycles. The minimum Gasteiger partial charge on any atom is -0.423 e. The summed E-state index contributed by atoms with van der Waals surface area (Å²) in [5, 5.41) is 3.41. The van der Waals surface area contributed by atoms with E-state index in [1.807, 2.05) is 0 Å². The van der Waals surface area contributed by atoms with Gasteiger partial charge in [0.1, 0.15) is 5.58 Å². The second-order valence-electron chi connectivity index (χ2n) is 6.83. The zero-order chi connectivity index (χ0) is 21.3. The number of hydrogen-bond acceptors (Lipinski definition) is 6. The molecule has 0 saturated heterocycles. The lowest BCUT2D eigenvalue weighted by Crippen LogP contribution is -2.31. The summed E-state index contributed by atoms with van der Waals surface area (Å²) in [7, 11) is 1.55. The first-order chi connectivity index (χ1) is 14.5. The van der Waals surface area contributed by atoms with Crippen molar-refractivity contribution in [2.75, 3.05) is 25.6 Å². The van der Waals surface area contributed by atoms with Crippen LogP contribution in [0.25, 0.3) is 11.0 Å². The van der Waals surface area contributed by atoms with Crippen LogP contribution in [-0.2, 0) is 4.74 Å². The first kappa shape index (κ1) is 19.5. The predicted octanol–water partition coefficient (Wildman–Crippen LogP) is 2.68. The van der Waals surface area contributed by atoms with Gasteiger partial charge in [0.2, 0.25) is 0 Å². The van der Waals surface area contributed by atoms with Crippen molar-refractivity contribution in [2.45, 2.75) is 6.42 Å². The van der Waals surface area contributed by atoms with Gasteiger partial charge < -0.3 is 14.5 Å². The third kappa shape index (κ3) is 3.60. The molecule has 1 N–H and O–H groups in total. The number of carbonyl (C=O) groups is 3. The summed E-state index contributed by atoms with van der Waals surface area (Å²) < 4.78 is 10.0. The Balaban J connectivity index is 1.54. The van der Waals surface area contributed by atoms with Crippen LogP contribution in [0, 0.1) is 0 Å². The maximum atomic E-state index is 12.7. The zero-order valence-electron chi connectivity index (χ0n) is 16.1. The zero-order valence-corrected chi connectivity index (χ0v) is 16.1. The van der Waals surface area contributed by atoms with Gasteiger partial charge >= 0.3 is 5.63 Å². The number of anilines is 1. The number of methoxy groups -OCH3 is 1. The van der Waals surface area contributed by atoms with Crippen LogP contribution in [0.15, 0.2) is 57.7 Å². The Bertz CT molecular complexity index is 1230. The highest BCUT2D eigenvalue weighted by Crippen LogP contribution is 2.25. The predicted molar refractivity (Wildman–Crippen MR) is 109 cm³/mol. The van der Waals surface area contributed by atoms with Crippen molar-refractivity contribution < 1.29 is 23.5 Å².